The van der Waals surface area contributed by atoms with E-state index in [1.165, 1.54) is 36.4 Å². The molecule has 0 saturated heterocycles. The lowest BCUT2D eigenvalue weighted by atomic mass is 9.73. The van der Waals surface area contributed by atoms with Crippen molar-refractivity contribution in [2.75, 3.05) is 0 Å². The summed E-state index contributed by atoms with van der Waals surface area (Å²) in [4.78, 5) is 52.4. The molecule has 0 spiro atoms. The van der Waals surface area contributed by atoms with Gasteiger partial charge >= 0.3 is 12.4 Å². The average molecular weight is 703 g/mol. The van der Waals surface area contributed by atoms with Crippen molar-refractivity contribution in [3.63, 3.8) is 0 Å². The zero-order valence-electron chi connectivity index (χ0n) is 25.6. The number of hydrogen-bond donors (Lipinski definition) is 1. The summed E-state index contributed by atoms with van der Waals surface area (Å²) in [6.45, 7) is 0. The molecule has 2 heterocycles. The van der Waals surface area contributed by atoms with E-state index in [-0.39, 0.29) is 44.5 Å². The minimum absolute atomic E-state index is 0.0365. The highest BCUT2D eigenvalue weighted by molar-refractivity contribution is 5.98. The average Bonchev–Trinajstić information content (AvgIpc) is 3.51. The predicted molar refractivity (Wildman–Crippen MR) is 175 cm³/mol. The molecule has 8 nitrogen and oxygen atoms in total. The molecule has 5 aromatic carbocycles. The fraction of sp³-hybridized carbons (Fsp3) is 0.0811. The van der Waals surface area contributed by atoms with Crippen LogP contribution < -0.4 is 31.7 Å². The van der Waals surface area contributed by atoms with Crippen LogP contribution in [0.3, 0.4) is 0 Å². The molecule has 0 aliphatic heterocycles. The van der Waals surface area contributed by atoms with Crippen molar-refractivity contribution in [3.05, 3.63) is 168 Å². The van der Waals surface area contributed by atoms with Crippen LogP contribution in [0.2, 0.25) is 0 Å². The van der Waals surface area contributed by atoms with Gasteiger partial charge in [0.2, 0.25) is 5.41 Å². The fourth-order valence-electron chi connectivity index (χ4n) is 6.09. The summed E-state index contributed by atoms with van der Waals surface area (Å²) < 4.78 is 100. The predicted octanol–water partition coefficient (Wildman–Crippen LogP) is 7.42. The van der Waals surface area contributed by atoms with Crippen LogP contribution in [0.25, 0.3) is 27.2 Å². The minimum atomic E-state index is -5.81. The van der Waals surface area contributed by atoms with E-state index in [0.29, 0.717) is 17.9 Å². The number of hydrogen-bond acceptors (Lipinski definition) is 6. The lowest BCUT2D eigenvalue weighted by Crippen LogP contribution is -2.54. The summed E-state index contributed by atoms with van der Waals surface area (Å²) in [5.74, 6) is 0.357. The summed E-state index contributed by atoms with van der Waals surface area (Å²) in [6.07, 6.45) is -11.6. The third kappa shape index (κ3) is 5.44. The molecule has 0 amide bonds. The van der Waals surface area contributed by atoms with E-state index in [1.54, 1.807) is 30.3 Å². The number of para-hydroxylation sites is 1. The highest BCUT2D eigenvalue weighted by Crippen LogP contribution is 2.56. The van der Waals surface area contributed by atoms with E-state index in [1.807, 2.05) is 0 Å². The molecule has 51 heavy (non-hydrogen) atoms. The van der Waals surface area contributed by atoms with Crippen molar-refractivity contribution in [2.45, 2.75) is 17.8 Å². The van der Waals surface area contributed by atoms with Crippen LogP contribution in [0.1, 0.15) is 11.1 Å². The van der Waals surface area contributed by atoms with Gasteiger partial charge in [0.05, 0.1) is 27.2 Å². The second-order valence-electron chi connectivity index (χ2n) is 11.5. The Kier molecular flexibility index (Phi) is 7.69. The van der Waals surface area contributed by atoms with Crippen molar-refractivity contribution >= 4 is 21.5 Å². The standard InChI is InChI=1S/C37H20F6N2O6/c38-36(39,40)35(37(41,42)43,20-6-12-24(13-7-20)50-23-4-2-1-3-5-23)21-8-14-25(15-9-21)51-26-16-10-22(11-17-26)45-33(48)29-18-27-28(19-30(29)34(45)49)32(47)44-31(27)46/h1-19H,(H,44,46,47). The molecule has 0 aliphatic carbocycles. The second kappa shape index (κ2) is 11.9. The number of H-pyrrole nitrogens is 1. The largest absolute Gasteiger partial charge is 0.457 e. The Morgan fingerprint density at radius 3 is 1.24 bits per heavy atom. The zero-order chi connectivity index (χ0) is 36.3. The van der Waals surface area contributed by atoms with Gasteiger partial charge in [-0.25, -0.2) is 4.57 Å². The number of aromatic nitrogens is 2. The molecule has 14 heteroatoms. The summed E-state index contributed by atoms with van der Waals surface area (Å²) in [7, 11) is 0. The Morgan fingerprint density at radius 1 is 0.471 bits per heavy atom. The van der Waals surface area contributed by atoms with E-state index in [9.17, 15) is 45.5 Å². The highest BCUT2D eigenvalue weighted by atomic mass is 19.4. The Bertz CT molecular complexity index is 2530. The van der Waals surface area contributed by atoms with Crippen LogP contribution in [0.15, 0.2) is 134 Å². The molecule has 2 aromatic heterocycles. The lowest BCUT2D eigenvalue weighted by Gasteiger charge is -2.38. The first-order valence-electron chi connectivity index (χ1n) is 15.0. The molecular formula is C37H20F6N2O6. The number of aromatic amines is 1. The molecule has 7 aromatic rings. The van der Waals surface area contributed by atoms with E-state index in [4.69, 9.17) is 9.47 Å². The smallest absolute Gasteiger partial charge is 0.411 e. The summed E-state index contributed by atoms with van der Waals surface area (Å²) in [5.41, 5.74) is -9.35. The molecule has 0 bridgehead atoms. The summed E-state index contributed by atoms with van der Waals surface area (Å²) in [6, 6.07) is 22.7. The van der Waals surface area contributed by atoms with E-state index < -0.39 is 51.1 Å². The van der Waals surface area contributed by atoms with Gasteiger partial charge in [-0.2, -0.15) is 26.3 Å². The van der Waals surface area contributed by atoms with E-state index in [0.717, 1.165) is 41.0 Å². The Morgan fingerprint density at radius 2 is 0.843 bits per heavy atom. The molecule has 0 atom stereocenters. The number of fused-ring (bicyclic) bond motifs is 2. The van der Waals surface area contributed by atoms with Crippen molar-refractivity contribution < 1.29 is 35.8 Å². The van der Waals surface area contributed by atoms with Gasteiger partial charge in [-0.1, -0.05) is 42.5 Å². The van der Waals surface area contributed by atoms with Gasteiger partial charge in [-0.3, -0.25) is 24.2 Å². The third-order valence-corrected chi connectivity index (χ3v) is 8.48. The molecule has 0 aliphatic rings. The maximum Gasteiger partial charge on any atom is 0.411 e. The van der Waals surface area contributed by atoms with Gasteiger partial charge in [-0.15, -0.1) is 0 Å². The number of halogens is 6. The number of benzene rings is 5. The van der Waals surface area contributed by atoms with Crippen molar-refractivity contribution in [1.29, 1.82) is 0 Å². The van der Waals surface area contributed by atoms with Crippen LogP contribution in [0.5, 0.6) is 23.0 Å². The minimum Gasteiger partial charge on any atom is -0.457 e. The quantitative estimate of drug-likeness (QED) is 0.173. The Hall–Kier alpha value is -6.44. The highest BCUT2D eigenvalue weighted by Gasteiger charge is 2.72. The molecule has 1 N–H and O–H groups in total. The van der Waals surface area contributed by atoms with Crippen LogP contribution in [-0.4, -0.2) is 21.9 Å². The summed E-state index contributed by atoms with van der Waals surface area (Å²) in [5, 5.41) is -0.223. The Labute approximate surface area is 281 Å². The first-order valence-corrected chi connectivity index (χ1v) is 15.0. The zero-order valence-corrected chi connectivity index (χ0v) is 25.6. The van der Waals surface area contributed by atoms with Crippen molar-refractivity contribution in [2.24, 2.45) is 0 Å². The molecule has 0 saturated carbocycles. The van der Waals surface area contributed by atoms with Crippen LogP contribution in [0.4, 0.5) is 26.3 Å². The van der Waals surface area contributed by atoms with Gasteiger partial charge in [0.25, 0.3) is 22.2 Å². The third-order valence-electron chi connectivity index (χ3n) is 8.48. The number of alkyl halides is 6. The number of nitrogens with zero attached hydrogens (tertiary/aromatic N) is 1. The molecule has 7 rings (SSSR count). The molecule has 0 radical (unpaired) electrons. The molecule has 0 fully saturated rings. The monoisotopic (exact) mass is 702 g/mol. The van der Waals surface area contributed by atoms with Crippen LogP contribution in [0, 0.1) is 0 Å². The number of nitrogens with one attached hydrogen (secondary N) is 1. The van der Waals surface area contributed by atoms with Crippen LogP contribution in [-0.2, 0) is 5.41 Å². The normalized spacial score (nSPS) is 12.4. The lowest BCUT2D eigenvalue weighted by molar-refractivity contribution is -0.288. The van der Waals surface area contributed by atoms with Crippen molar-refractivity contribution in [3.8, 4) is 28.7 Å². The summed E-state index contributed by atoms with van der Waals surface area (Å²) >= 11 is 0. The van der Waals surface area contributed by atoms with Gasteiger partial charge in [0, 0.05) is 0 Å². The van der Waals surface area contributed by atoms with Crippen LogP contribution >= 0.6 is 0 Å². The van der Waals surface area contributed by atoms with Gasteiger partial charge < -0.3 is 9.47 Å². The second-order valence-corrected chi connectivity index (χ2v) is 11.5. The first kappa shape index (κ1) is 33.1. The van der Waals surface area contributed by atoms with E-state index in [2.05, 4.69) is 4.98 Å². The van der Waals surface area contributed by atoms with Gasteiger partial charge in [0.1, 0.15) is 23.0 Å². The Balaban J connectivity index is 1.18. The van der Waals surface area contributed by atoms with Crippen molar-refractivity contribution in [1.82, 2.24) is 9.55 Å². The molecular weight excluding hydrogens is 682 g/mol. The van der Waals surface area contributed by atoms with E-state index >= 15 is 0 Å². The fourth-order valence-corrected chi connectivity index (χ4v) is 6.09. The first-order chi connectivity index (χ1) is 24.2. The number of ether oxygens (including phenoxy) is 2. The topological polar surface area (TPSA) is 107 Å². The van der Waals surface area contributed by atoms with Gasteiger partial charge in [0.15, 0.2) is 0 Å². The SMILES string of the molecule is O=c1[nH]c(=O)c2cc3c(=O)n(-c4ccc(Oc5ccc(C(c6ccc(Oc7ccccc7)cc6)(C(F)(F)F)C(F)(F)F)cc5)cc4)c(=O)c3cc12. The van der Waals surface area contributed by atoms with Gasteiger partial charge in [-0.05, 0) is 83.9 Å². The maximum atomic E-state index is 14.7. The number of rotatable bonds is 7. The molecule has 256 valence electrons. The molecule has 0 unspecified atom stereocenters. The maximum absolute atomic E-state index is 14.7.